The lowest BCUT2D eigenvalue weighted by Crippen LogP contribution is -2.10. The van der Waals surface area contributed by atoms with E-state index in [4.69, 9.17) is 5.73 Å². The van der Waals surface area contributed by atoms with Gasteiger partial charge in [-0.1, -0.05) is 45.0 Å². The third kappa shape index (κ3) is 2.44. The third-order valence-corrected chi connectivity index (χ3v) is 2.76. The molecule has 0 atom stereocenters. The summed E-state index contributed by atoms with van der Waals surface area (Å²) in [6, 6.07) is 8.35. The highest BCUT2D eigenvalue weighted by molar-refractivity contribution is 5.71. The molecule has 0 aliphatic heterocycles. The van der Waals surface area contributed by atoms with E-state index in [1.165, 1.54) is 11.9 Å². The topological polar surface area (TPSA) is 51.8 Å². The van der Waals surface area contributed by atoms with E-state index in [1.807, 2.05) is 0 Å². The van der Waals surface area contributed by atoms with Crippen molar-refractivity contribution in [3.8, 4) is 11.3 Å². The van der Waals surface area contributed by atoms with E-state index >= 15 is 0 Å². The van der Waals surface area contributed by atoms with Crippen molar-refractivity contribution in [2.24, 2.45) is 0 Å². The summed E-state index contributed by atoms with van der Waals surface area (Å²) in [7, 11) is 0. The molecule has 0 saturated heterocycles. The van der Waals surface area contributed by atoms with Gasteiger partial charge in [0.2, 0.25) is 0 Å². The maximum Gasteiger partial charge on any atom is 0.116 e. The van der Waals surface area contributed by atoms with Crippen LogP contribution in [0.15, 0.2) is 36.8 Å². The summed E-state index contributed by atoms with van der Waals surface area (Å²) in [5.41, 5.74) is 9.74. The van der Waals surface area contributed by atoms with Crippen LogP contribution in [0.3, 0.4) is 0 Å². The number of aromatic nitrogens is 2. The van der Waals surface area contributed by atoms with Gasteiger partial charge in [-0.3, -0.25) is 0 Å². The Balaban J connectivity index is 2.40. The van der Waals surface area contributed by atoms with Crippen LogP contribution < -0.4 is 5.73 Å². The average molecular weight is 227 g/mol. The summed E-state index contributed by atoms with van der Waals surface area (Å²) in [5.74, 6) is 0. The van der Waals surface area contributed by atoms with Crippen molar-refractivity contribution < 1.29 is 0 Å². The Morgan fingerprint density at radius 2 is 1.71 bits per heavy atom. The second kappa shape index (κ2) is 4.17. The fraction of sp³-hybridized carbons (Fsp3) is 0.286. The van der Waals surface area contributed by atoms with Crippen LogP contribution in [0.5, 0.6) is 0 Å². The Bertz CT molecular complexity index is 510. The molecule has 0 radical (unpaired) electrons. The smallest absolute Gasteiger partial charge is 0.116 e. The maximum atomic E-state index is 5.85. The number of nitrogen functional groups attached to an aromatic ring is 1. The quantitative estimate of drug-likeness (QED) is 0.814. The number of hydrogen-bond acceptors (Lipinski definition) is 3. The molecule has 0 bridgehead atoms. The third-order valence-electron chi connectivity index (χ3n) is 2.76. The molecule has 2 rings (SSSR count). The van der Waals surface area contributed by atoms with Gasteiger partial charge in [0.05, 0.1) is 17.6 Å². The fourth-order valence-electron chi connectivity index (χ4n) is 1.71. The zero-order valence-corrected chi connectivity index (χ0v) is 10.4. The average Bonchev–Trinajstić information content (AvgIpc) is 2.29. The number of hydrogen-bond donors (Lipinski definition) is 1. The standard InChI is InChI=1S/C14H17N3/c1-14(2,3)11-6-4-10(5-7-11)13-12(15)8-16-9-17-13/h4-9H,15H2,1-3H3. The fourth-order valence-corrected chi connectivity index (χ4v) is 1.71. The summed E-state index contributed by atoms with van der Waals surface area (Å²) in [6.07, 6.45) is 3.14. The van der Waals surface area contributed by atoms with E-state index in [2.05, 4.69) is 55.0 Å². The van der Waals surface area contributed by atoms with Crippen LogP contribution in [0.2, 0.25) is 0 Å². The lowest BCUT2D eigenvalue weighted by Gasteiger charge is -2.19. The molecule has 17 heavy (non-hydrogen) atoms. The highest BCUT2D eigenvalue weighted by atomic mass is 14.9. The first-order valence-electron chi connectivity index (χ1n) is 5.65. The molecule has 0 aliphatic rings. The largest absolute Gasteiger partial charge is 0.396 e. The molecule has 0 aliphatic carbocycles. The highest BCUT2D eigenvalue weighted by Crippen LogP contribution is 2.27. The van der Waals surface area contributed by atoms with Crippen LogP contribution in [-0.4, -0.2) is 9.97 Å². The van der Waals surface area contributed by atoms with Crippen molar-refractivity contribution in [3.05, 3.63) is 42.4 Å². The zero-order chi connectivity index (χ0) is 12.5. The predicted molar refractivity (Wildman–Crippen MR) is 70.6 cm³/mol. The molecule has 0 spiro atoms. The van der Waals surface area contributed by atoms with E-state index < -0.39 is 0 Å². The normalized spacial score (nSPS) is 11.5. The van der Waals surface area contributed by atoms with E-state index in [9.17, 15) is 0 Å². The second-order valence-electron chi connectivity index (χ2n) is 5.15. The van der Waals surface area contributed by atoms with Gasteiger partial charge in [0, 0.05) is 5.56 Å². The number of anilines is 1. The van der Waals surface area contributed by atoms with E-state index in [1.54, 1.807) is 6.20 Å². The van der Waals surface area contributed by atoms with Gasteiger partial charge in [0.25, 0.3) is 0 Å². The number of benzene rings is 1. The van der Waals surface area contributed by atoms with Crippen LogP contribution in [-0.2, 0) is 5.41 Å². The molecule has 2 aromatic rings. The number of nitrogens with two attached hydrogens (primary N) is 1. The summed E-state index contributed by atoms with van der Waals surface area (Å²) in [6.45, 7) is 6.59. The van der Waals surface area contributed by atoms with Gasteiger partial charge >= 0.3 is 0 Å². The molecule has 0 fully saturated rings. The van der Waals surface area contributed by atoms with Crippen LogP contribution in [0.4, 0.5) is 5.69 Å². The Kier molecular flexibility index (Phi) is 2.84. The second-order valence-corrected chi connectivity index (χ2v) is 5.15. The summed E-state index contributed by atoms with van der Waals surface area (Å²) in [4.78, 5) is 8.10. The van der Waals surface area contributed by atoms with Crippen molar-refractivity contribution in [2.45, 2.75) is 26.2 Å². The Labute approximate surface area is 102 Å². The van der Waals surface area contributed by atoms with Gasteiger partial charge in [-0.05, 0) is 11.0 Å². The molecule has 0 unspecified atom stereocenters. The van der Waals surface area contributed by atoms with Gasteiger partial charge in [-0.25, -0.2) is 9.97 Å². The molecule has 88 valence electrons. The Morgan fingerprint density at radius 1 is 1.06 bits per heavy atom. The van der Waals surface area contributed by atoms with E-state index in [0.717, 1.165) is 11.3 Å². The van der Waals surface area contributed by atoms with Crippen LogP contribution in [0.25, 0.3) is 11.3 Å². The zero-order valence-electron chi connectivity index (χ0n) is 10.4. The van der Waals surface area contributed by atoms with Crippen LogP contribution >= 0.6 is 0 Å². The lowest BCUT2D eigenvalue weighted by molar-refractivity contribution is 0.590. The molecule has 1 heterocycles. The summed E-state index contributed by atoms with van der Waals surface area (Å²) < 4.78 is 0. The minimum Gasteiger partial charge on any atom is -0.396 e. The van der Waals surface area contributed by atoms with Gasteiger partial charge in [0.15, 0.2) is 0 Å². The van der Waals surface area contributed by atoms with Crippen molar-refractivity contribution in [1.82, 2.24) is 9.97 Å². The monoisotopic (exact) mass is 227 g/mol. The Hall–Kier alpha value is -1.90. The van der Waals surface area contributed by atoms with Gasteiger partial charge < -0.3 is 5.73 Å². The first-order chi connectivity index (χ1) is 7.98. The maximum absolute atomic E-state index is 5.85. The number of rotatable bonds is 1. The van der Waals surface area contributed by atoms with Gasteiger partial charge in [-0.15, -0.1) is 0 Å². The highest BCUT2D eigenvalue weighted by Gasteiger charge is 2.13. The van der Waals surface area contributed by atoms with Crippen LogP contribution in [0.1, 0.15) is 26.3 Å². The summed E-state index contributed by atoms with van der Waals surface area (Å²) >= 11 is 0. The molecule has 1 aromatic carbocycles. The first-order valence-corrected chi connectivity index (χ1v) is 5.65. The van der Waals surface area contributed by atoms with Crippen LogP contribution in [0, 0.1) is 0 Å². The van der Waals surface area contributed by atoms with E-state index in [-0.39, 0.29) is 5.41 Å². The Morgan fingerprint density at radius 3 is 2.24 bits per heavy atom. The molecule has 3 heteroatoms. The SMILES string of the molecule is CC(C)(C)c1ccc(-c2ncncc2N)cc1. The van der Waals surface area contributed by atoms with E-state index in [0.29, 0.717) is 5.69 Å². The van der Waals surface area contributed by atoms with Gasteiger partial charge in [0.1, 0.15) is 6.33 Å². The molecule has 1 aromatic heterocycles. The first kappa shape index (κ1) is 11.6. The predicted octanol–water partition coefficient (Wildman–Crippen LogP) is 3.02. The molecular formula is C14H17N3. The van der Waals surface area contributed by atoms with Gasteiger partial charge in [-0.2, -0.15) is 0 Å². The minimum atomic E-state index is 0.162. The molecule has 3 nitrogen and oxygen atoms in total. The molecule has 0 saturated carbocycles. The summed E-state index contributed by atoms with van der Waals surface area (Å²) in [5, 5.41) is 0. The van der Waals surface area contributed by atoms with Crippen molar-refractivity contribution in [3.63, 3.8) is 0 Å². The molecular weight excluding hydrogens is 210 g/mol. The van der Waals surface area contributed by atoms with Crippen molar-refractivity contribution >= 4 is 5.69 Å². The van der Waals surface area contributed by atoms with Crippen molar-refractivity contribution in [2.75, 3.05) is 5.73 Å². The molecule has 2 N–H and O–H groups in total. The lowest BCUT2D eigenvalue weighted by atomic mass is 9.86. The van der Waals surface area contributed by atoms with Crippen molar-refractivity contribution in [1.29, 1.82) is 0 Å². The number of nitrogens with zero attached hydrogens (tertiary/aromatic N) is 2. The minimum absolute atomic E-state index is 0.162. The molecule has 0 amide bonds.